The Bertz CT molecular complexity index is 588. The molecule has 0 aliphatic carbocycles. The molecule has 0 heterocycles. The van der Waals surface area contributed by atoms with Crippen LogP contribution in [0.1, 0.15) is 17.0 Å². The molecule has 4 heteroatoms. The van der Waals surface area contributed by atoms with Crippen molar-refractivity contribution in [2.45, 2.75) is 12.3 Å². The van der Waals surface area contributed by atoms with E-state index in [0.717, 1.165) is 11.0 Å². The van der Waals surface area contributed by atoms with Gasteiger partial charge in [0.2, 0.25) is 0 Å². The average molecular weight is 357 g/mol. The van der Waals surface area contributed by atoms with Crippen LogP contribution in [0.15, 0.2) is 46.9 Å². The highest BCUT2D eigenvalue weighted by molar-refractivity contribution is 9.10. The molecule has 1 unspecified atom stereocenters. The highest BCUT2D eigenvalue weighted by Gasteiger charge is 2.15. The zero-order valence-electron chi connectivity index (χ0n) is 11.2. The van der Waals surface area contributed by atoms with Crippen LogP contribution in [0.4, 0.5) is 4.39 Å². The fourth-order valence-corrected chi connectivity index (χ4v) is 2.89. The SMILES string of the molecule is CNCC(Cc1cc(Cl)ccc1F)c1cccc(Br)c1. The summed E-state index contributed by atoms with van der Waals surface area (Å²) in [7, 11) is 1.90. The summed E-state index contributed by atoms with van der Waals surface area (Å²) in [6, 6.07) is 12.8. The van der Waals surface area contributed by atoms with E-state index in [4.69, 9.17) is 11.6 Å². The Hall–Kier alpha value is -0.900. The molecule has 2 aromatic carbocycles. The summed E-state index contributed by atoms with van der Waals surface area (Å²) in [4.78, 5) is 0. The predicted molar refractivity (Wildman–Crippen MR) is 85.9 cm³/mol. The minimum Gasteiger partial charge on any atom is -0.319 e. The van der Waals surface area contributed by atoms with Crippen LogP contribution >= 0.6 is 27.5 Å². The summed E-state index contributed by atoms with van der Waals surface area (Å²) >= 11 is 9.44. The van der Waals surface area contributed by atoms with Crippen molar-refractivity contribution in [3.05, 3.63) is 68.9 Å². The molecular weight excluding hydrogens is 341 g/mol. The summed E-state index contributed by atoms with van der Waals surface area (Å²) < 4.78 is 14.9. The maximum absolute atomic E-state index is 13.9. The van der Waals surface area contributed by atoms with Gasteiger partial charge in [-0.15, -0.1) is 0 Å². The third-order valence-corrected chi connectivity index (χ3v) is 3.97. The third-order valence-electron chi connectivity index (χ3n) is 3.24. The number of halogens is 3. The third kappa shape index (κ3) is 4.05. The van der Waals surface area contributed by atoms with Crippen molar-refractivity contribution in [3.63, 3.8) is 0 Å². The van der Waals surface area contributed by atoms with E-state index in [9.17, 15) is 4.39 Å². The molecular formula is C16H16BrClFN. The second-order valence-corrected chi connectivity index (χ2v) is 6.10. The molecule has 0 aromatic heterocycles. The standard InChI is InChI=1S/C16H16BrClFN/c1-20-10-13(11-3-2-4-14(17)8-11)7-12-9-15(18)5-6-16(12)19/h2-6,8-9,13,20H,7,10H2,1H3. The molecule has 0 fully saturated rings. The normalized spacial score (nSPS) is 12.4. The largest absolute Gasteiger partial charge is 0.319 e. The van der Waals surface area contributed by atoms with Crippen molar-refractivity contribution in [2.75, 3.05) is 13.6 Å². The molecule has 0 amide bonds. The first-order valence-electron chi connectivity index (χ1n) is 6.44. The van der Waals surface area contributed by atoms with E-state index < -0.39 is 0 Å². The number of hydrogen-bond acceptors (Lipinski definition) is 1. The molecule has 0 bridgehead atoms. The van der Waals surface area contributed by atoms with E-state index in [1.54, 1.807) is 12.1 Å². The van der Waals surface area contributed by atoms with Gasteiger partial charge in [0.05, 0.1) is 0 Å². The average Bonchev–Trinajstić information content (AvgIpc) is 2.42. The van der Waals surface area contributed by atoms with Gasteiger partial charge in [-0.25, -0.2) is 4.39 Å². The van der Waals surface area contributed by atoms with Crippen LogP contribution < -0.4 is 5.32 Å². The molecule has 106 valence electrons. The lowest BCUT2D eigenvalue weighted by molar-refractivity contribution is 0.574. The van der Waals surface area contributed by atoms with Crippen molar-refractivity contribution >= 4 is 27.5 Å². The van der Waals surface area contributed by atoms with Gasteiger partial charge < -0.3 is 5.32 Å². The van der Waals surface area contributed by atoms with Gasteiger partial charge in [0.1, 0.15) is 5.82 Å². The zero-order chi connectivity index (χ0) is 14.5. The number of rotatable bonds is 5. The van der Waals surface area contributed by atoms with E-state index in [1.807, 2.05) is 19.2 Å². The van der Waals surface area contributed by atoms with Crippen LogP contribution in [0.2, 0.25) is 5.02 Å². The molecule has 2 aromatic rings. The fraction of sp³-hybridized carbons (Fsp3) is 0.250. The van der Waals surface area contributed by atoms with Crippen LogP contribution in [0, 0.1) is 5.82 Å². The van der Waals surface area contributed by atoms with E-state index in [1.165, 1.54) is 11.6 Å². The second-order valence-electron chi connectivity index (χ2n) is 4.75. The van der Waals surface area contributed by atoms with Crippen LogP contribution in [-0.2, 0) is 6.42 Å². The summed E-state index contributed by atoms with van der Waals surface area (Å²) in [6.45, 7) is 0.780. The van der Waals surface area contributed by atoms with Gasteiger partial charge in [-0.3, -0.25) is 0 Å². The Kier molecular flexibility index (Phi) is 5.58. The van der Waals surface area contributed by atoms with Crippen molar-refractivity contribution in [3.8, 4) is 0 Å². The molecule has 0 radical (unpaired) electrons. The second kappa shape index (κ2) is 7.21. The monoisotopic (exact) mass is 355 g/mol. The van der Waals surface area contributed by atoms with E-state index in [2.05, 4.69) is 33.4 Å². The number of nitrogens with one attached hydrogen (secondary N) is 1. The lowest BCUT2D eigenvalue weighted by atomic mass is 9.91. The molecule has 2 rings (SSSR count). The molecule has 0 aliphatic heterocycles. The smallest absolute Gasteiger partial charge is 0.126 e. The quantitative estimate of drug-likeness (QED) is 0.812. The number of likely N-dealkylation sites (N-methyl/N-ethyl adjacent to an activating group) is 1. The van der Waals surface area contributed by atoms with E-state index in [-0.39, 0.29) is 11.7 Å². The Morgan fingerprint density at radius 3 is 2.75 bits per heavy atom. The first-order valence-corrected chi connectivity index (χ1v) is 7.61. The Labute approximate surface area is 132 Å². The predicted octanol–water partition coefficient (Wildman–Crippen LogP) is 4.79. The van der Waals surface area contributed by atoms with Crippen molar-refractivity contribution in [2.24, 2.45) is 0 Å². The molecule has 1 N–H and O–H groups in total. The minimum atomic E-state index is -0.203. The molecule has 1 nitrogen and oxygen atoms in total. The summed E-state index contributed by atoms with van der Waals surface area (Å²) in [5.41, 5.74) is 1.82. The van der Waals surface area contributed by atoms with Gasteiger partial charge in [-0.1, -0.05) is 39.7 Å². The van der Waals surface area contributed by atoms with Crippen LogP contribution in [0.3, 0.4) is 0 Å². The maximum atomic E-state index is 13.9. The van der Waals surface area contributed by atoms with Crippen LogP contribution in [0.5, 0.6) is 0 Å². The van der Waals surface area contributed by atoms with Gasteiger partial charge in [0, 0.05) is 22.0 Å². The van der Waals surface area contributed by atoms with Crippen molar-refractivity contribution in [1.29, 1.82) is 0 Å². The minimum absolute atomic E-state index is 0.200. The van der Waals surface area contributed by atoms with Crippen LogP contribution in [-0.4, -0.2) is 13.6 Å². The highest BCUT2D eigenvalue weighted by Crippen LogP contribution is 2.26. The van der Waals surface area contributed by atoms with E-state index >= 15 is 0 Å². The Morgan fingerprint density at radius 2 is 2.05 bits per heavy atom. The number of benzene rings is 2. The van der Waals surface area contributed by atoms with Gasteiger partial charge in [-0.05, 0) is 54.9 Å². The summed E-state index contributed by atoms with van der Waals surface area (Å²) in [5.74, 6) is -0.00373. The molecule has 1 atom stereocenters. The summed E-state index contributed by atoms with van der Waals surface area (Å²) in [5, 5.41) is 3.74. The fourth-order valence-electron chi connectivity index (χ4n) is 2.28. The summed E-state index contributed by atoms with van der Waals surface area (Å²) in [6.07, 6.45) is 0.615. The van der Waals surface area contributed by atoms with Crippen molar-refractivity contribution < 1.29 is 4.39 Å². The van der Waals surface area contributed by atoms with Crippen LogP contribution in [0.25, 0.3) is 0 Å². The topological polar surface area (TPSA) is 12.0 Å². The lowest BCUT2D eigenvalue weighted by Gasteiger charge is -2.18. The molecule has 0 saturated heterocycles. The number of hydrogen-bond donors (Lipinski definition) is 1. The van der Waals surface area contributed by atoms with E-state index in [0.29, 0.717) is 17.0 Å². The molecule has 0 aliphatic rings. The van der Waals surface area contributed by atoms with Crippen molar-refractivity contribution in [1.82, 2.24) is 5.32 Å². The Morgan fingerprint density at radius 1 is 1.25 bits per heavy atom. The Balaban J connectivity index is 2.27. The van der Waals surface area contributed by atoms with Gasteiger partial charge in [0.15, 0.2) is 0 Å². The lowest BCUT2D eigenvalue weighted by Crippen LogP contribution is -2.19. The highest BCUT2D eigenvalue weighted by atomic mass is 79.9. The van der Waals surface area contributed by atoms with Gasteiger partial charge >= 0.3 is 0 Å². The molecule has 0 saturated carbocycles. The molecule has 0 spiro atoms. The van der Waals surface area contributed by atoms with Gasteiger partial charge in [-0.2, -0.15) is 0 Å². The maximum Gasteiger partial charge on any atom is 0.126 e. The molecule has 20 heavy (non-hydrogen) atoms. The zero-order valence-corrected chi connectivity index (χ0v) is 13.5. The first-order chi connectivity index (χ1) is 9.60. The van der Waals surface area contributed by atoms with Gasteiger partial charge in [0.25, 0.3) is 0 Å². The first kappa shape index (κ1) is 15.5.